The third kappa shape index (κ3) is 5.44. The molecule has 3 rings (SSSR count). The summed E-state index contributed by atoms with van der Waals surface area (Å²) in [5.41, 5.74) is 3.30. The third-order valence-corrected chi connectivity index (χ3v) is 5.72. The largest absolute Gasteiger partial charge is 0.493 e. The number of aryl methyl sites for hydroxylation is 2. The van der Waals surface area contributed by atoms with E-state index in [4.69, 9.17) is 14.2 Å². The van der Waals surface area contributed by atoms with E-state index >= 15 is 0 Å². The van der Waals surface area contributed by atoms with E-state index in [0.717, 1.165) is 17.7 Å². The molecule has 2 aromatic carbocycles. The Hall–Kier alpha value is -2.67. The van der Waals surface area contributed by atoms with Crippen LogP contribution in [-0.4, -0.2) is 38.0 Å². The van der Waals surface area contributed by atoms with E-state index in [1.807, 2.05) is 6.07 Å². The molecule has 7 heteroatoms. The summed E-state index contributed by atoms with van der Waals surface area (Å²) in [6, 6.07) is 11.4. The number of rotatable bonds is 8. The number of fused-ring (bicyclic) bond motifs is 1. The number of anilines is 1. The SMILES string of the molecule is COc1ccc(NC(=O)C(C)OC(=O)CSc2ccc3c(c2)CCC3)cc1OC. The van der Waals surface area contributed by atoms with E-state index in [1.165, 1.54) is 36.4 Å². The van der Waals surface area contributed by atoms with Crippen molar-refractivity contribution >= 4 is 29.3 Å². The van der Waals surface area contributed by atoms with Gasteiger partial charge in [0.05, 0.1) is 20.0 Å². The molecule has 1 atom stereocenters. The second kappa shape index (κ2) is 9.69. The molecule has 154 valence electrons. The maximum absolute atomic E-state index is 12.3. The van der Waals surface area contributed by atoms with Crippen LogP contribution in [0.15, 0.2) is 41.3 Å². The Kier molecular flexibility index (Phi) is 7.04. The van der Waals surface area contributed by atoms with Crippen molar-refractivity contribution in [3.8, 4) is 11.5 Å². The van der Waals surface area contributed by atoms with Gasteiger partial charge in [0.1, 0.15) is 0 Å². The number of amides is 1. The first kappa shape index (κ1) is 21.0. The summed E-state index contributed by atoms with van der Waals surface area (Å²) in [6.45, 7) is 1.55. The van der Waals surface area contributed by atoms with Gasteiger partial charge in [0, 0.05) is 16.6 Å². The van der Waals surface area contributed by atoms with Crippen LogP contribution in [0.25, 0.3) is 0 Å². The first-order valence-corrected chi connectivity index (χ1v) is 10.5. The van der Waals surface area contributed by atoms with Crippen molar-refractivity contribution in [1.82, 2.24) is 0 Å². The zero-order valence-electron chi connectivity index (χ0n) is 16.8. The smallest absolute Gasteiger partial charge is 0.317 e. The molecule has 0 heterocycles. The van der Waals surface area contributed by atoms with Crippen molar-refractivity contribution < 1.29 is 23.8 Å². The highest BCUT2D eigenvalue weighted by Gasteiger charge is 2.19. The van der Waals surface area contributed by atoms with Crippen LogP contribution in [0.2, 0.25) is 0 Å². The molecule has 0 radical (unpaired) electrons. The maximum atomic E-state index is 12.3. The van der Waals surface area contributed by atoms with Crippen molar-refractivity contribution in [2.24, 2.45) is 0 Å². The standard InChI is InChI=1S/C22H25NO5S/c1-14(22(25)23-17-8-10-19(26-2)20(12-17)27-3)28-21(24)13-29-18-9-7-15-5-4-6-16(15)11-18/h7-12,14H,4-6,13H2,1-3H3,(H,23,25). The minimum absolute atomic E-state index is 0.159. The number of nitrogens with one attached hydrogen (secondary N) is 1. The number of ether oxygens (including phenoxy) is 3. The van der Waals surface area contributed by atoms with Crippen LogP contribution in [-0.2, 0) is 27.2 Å². The Morgan fingerprint density at radius 2 is 1.79 bits per heavy atom. The summed E-state index contributed by atoms with van der Waals surface area (Å²) in [6.07, 6.45) is 2.52. The van der Waals surface area contributed by atoms with E-state index < -0.39 is 18.0 Å². The molecule has 0 fully saturated rings. The molecule has 1 aliphatic carbocycles. The Bertz CT molecular complexity index is 899. The molecule has 1 amide bonds. The second-order valence-electron chi connectivity index (χ2n) is 6.76. The lowest BCUT2D eigenvalue weighted by Gasteiger charge is -2.15. The molecule has 6 nitrogen and oxygen atoms in total. The fourth-order valence-electron chi connectivity index (χ4n) is 3.22. The van der Waals surface area contributed by atoms with Crippen LogP contribution >= 0.6 is 11.8 Å². The highest BCUT2D eigenvalue weighted by atomic mass is 32.2. The topological polar surface area (TPSA) is 73.9 Å². The minimum Gasteiger partial charge on any atom is -0.493 e. The lowest BCUT2D eigenvalue weighted by molar-refractivity contribution is -0.150. The molecule has 2 aromatic rings. The quantitative estimate of drug-likeness (QED) is 0.521. The molecule has 1 N–H and O–H groups in total. The Balaban J connectivity index is 1.49. The maximum Gasteiger partial charge on any atom is 0.317 e. The lowest BCUT2D eigenvalue weighted by atomic mass is 10.1. The predicted molar refractivity (Wildman–Crippen MR) is 113 cm³/mol. The summed E-state index contributed by atoms with van der Waals surface area (Å²) in [5, 5.41) is 2.72. The first-order valence-electron chi connectivity index (χ1n) is 9.47. The van der Waals surface area contributed by atoms with Gasteiger partial charge in [0.25, 0.3) is 5.91 Å². The number of hydrogen-bond donors (Lipinski definition) is 1. The van der Waals surface area contributed by atoms with Gasteiger partial charge in [-0.2, -0.15) is 0 Å². The number of thioether (sulfide) groups is 1. The molecule has 0 aliphatic heterocycles. The number of hydrogen-bond acceptors (Lipinski definition) is 6. The zero-order valence-corrected chi connectivity index (χ0v) is 17.6. The van der Waals surface area contributed by atoms with Crippen LogP contribution in [0.5, 0.6) is 11.5 Å². The number of esters is 1. The number of benzene rings is 2. The van der Waals surface area contributed by atoms with Crippen molar-refractivity contribution in [2.75, 3.05) is 25.3 Å². The van der Waals surface area contributed by atoms with Crippen LogP contribution in [0, 0.1) is 0 Å². The van der Waals surface area contributed by atoms with Crippen LogP contribution in [0.1, 0.15) is 24.5 Å². The number of methoxy groups -OCH3 is 2. The molecule has 0 saturated heterocycles. The predicted octanol–water partition coefficient (Wildman–Crippen LogP) is 3.86. The van der Waals surface area contributed by atoms with Gasteiger partial charge < -0.3 is 19.5 Å². The van der Waals surface area contributed by atoms with Crippen molar-refractivity contribution in [2.45, 2.75) is 37.2 Å². The first-order chi connectivity index (χ1) is 14.0. The molecular weight excluding hydrogens is 390 g/mol. The van der Waals surface area contributed by atoms with Crippen molar-refractivity contribution in [3.63, 3.8) is 0 Å². The van der Waals surface area contributed by atoms with E-state index in [0.29, 0.717) is 17.2 Å². The Morgan fingerprint density at radius 3 is 2.55 bits per heavy atom. The fourth-order valence-corrected chi connectivity index (χ4v) is 3.97. The van der Waals surface area contributed by atoms with Crippen LogP contribution in [0.3, 0.4) is 0 Å². The van der Waals surface area contributed by atoms with E-state index in [9.17, 15) is 9.59 Å². The van der Waals surface area contributed by atoms with E-state index in [-0.39, 0.29) is 5.75 Å². The summed E-state index contributed by atoms with van der Waals surface area (Å²) in [4.78, 5) is 25.5. The number of carbonyl (C=O) groups excluding carboxylic acids is 2. The molecule has 0 spiro atoms. The van der Waals surface area contributed by atoms with Gasteiger partial charge in [0.15, 0.2) is 17.6 Å². The normalized spacial score (nSPS) is 13.3. The van der Waals surface area contributed by atoms with E-state index in [2.05, 4.69) is 17.4 Å². The molecule has 0 bridgehead atoms. The average Bonchev–Trinajstić information content (AvgIpc) is 3.19. The van der Waals surface area contributed by atoms with Gasteiger partial charge in [-0.25, -0.2) is 0 Å². The molecule has 29 heavy (non-hydrogen) atoms. The van der Waals surface area contributed by atoms with E-state index in [1.54, 1.807) is 32.2 Å². The summed E-state index contributed by atoms with van der Waals surface area (Å²) >= 11 is 1.42. The average molecular weight is 416 g/mol. The molecule has 0 aromatic heterocycles. The molecular formula is C22H25NO5S. The number of carbonyl (C=O) groups is 2. The Labute approximate surface area is 174 Å². The summed E-state index contributed by atoms with van der Waals surface area (Å²) in [5.74, 6) is 0.389. The van der Waals surface area contributed by atoms with Crippen molar-refractivity contribution in [1.29, 1.82) is 0 Å². The molecule has 1 unspecified atom stereocenters. The van der Waals surface area contributed by atoms with Gasteiger partial charge >= 0.3 is 5.97 Å². The monoisotopic (exact) mass is 415 g/mol. The van der Waals surface area contributed by atoms with Gasteiger partial charge in [-0.1, -0.05) is 6.07 Å². The Morgan fingerprint density at radius 1 is 1.03 bits per heavy atom. The minimum atomic E-state index is -0.906. The van der Waals surface area contributed by atoms with Gasteiger partial charge in [-0.05, 0) is 61.6 Å². The van der Waals surface area contributed by atoms with Crippen molar-refractivity contribution in [3.05, 3.63) is 47.5 Å². The zero-order chi connectivity index (χ0) is 20.8. The lowest BCUT2D eigenvalue weighted by Crippen LogP contribution is -2.30. The molecule has 0 saturated carbocycles. The van der Waals surface area contributed by atoms with Crippen LogP contribution in [0.4, 0.5) is 5.69 Å². The summed E-state index contributed by atoms with van der Waals surface area (Å²) in [7, 11) is 3.06. The molecule has 1 aliphatic rings. The second-order valence-corrected chi connectivity index (χ2v) is 7.81. The highest BCUT2D eigenvalue weighted by Crippen LogP contribution is 2.30. The van der Waals surface area contributed by atoms with Gasteiger partial charge in [-0.15, -0.1) is 11.8 Å². The third-order valence-electron chi connectivity index (χ3n) is 4.76. The van der Waals surface area contributed by atoms with Gasteiger partial charge in [0.2, 0.25) is 0 Å². The van der Waals surface area contributed by atoms with Gasteiger partial charge in [-0.3, -0.25) is 9.59 Å². The van der Waals surface area contributed by atoms with Crippen LogP contribution < -0.4 is 14.8 Å². The summed E-state index contributed by atoms with van der Waals surface area (Å²) < 4.78 is 15.7. The fraction of sp³-hybridized carbons (Fsp3) is 0.364. The highest BCUT2D eigenvalue weighted by molar-refractivity contribution is 8.00.